The van der Waals surface area contributed by atoms with E-state index in [1.807, 2.05) is 0 Å². The predicted molar refractivity (Wildman–Crippen MR) is 42.5 cm³/mol. The largest absolute Gasteiger partial charge is 0.494 e. The molecule has 4 nitrogen and oxygen atoms in total. The zero-order valence-electron chi connectivity index (χ0n) is 6.87. The van der Waals surface area contributed by atoms with Gasteiger partial charge in [0, 0.05) is 5.69 Å². The lowest BCUT2D eigenvalue weighted by atomic mass is 10.3. The second-order valence-electron chi connectivity index (χ2n) is 2.31. The number of nitrogens with zero attached hydrogens (tertiary/aromatic N) is 1. The summed E-state index contributed by atoms with van der Waals surface area (Å²) in [5.74, 6) is -0.788. The number of hydrogen-bond donors (Lipinski definition) is 1. The zero-order valence-corrected chi connectivity index (χ0v) is 6.87. The topological polar surface area (TPSA) is 59.4 Å². The number of aromatic nitrogens is 1. The van der Waals surface area contributed by atoms with E-state index in [0.29, 0.717) is 5.69 Å². The maximum Gasteiger partial charge on any atom is 0.358 e. The molecule has 0 aliphatic rings. The quantitative estimate of drug-likeness (QED) is 0.716. The summed E-state index contributed by atoms with van der Waals surface area (Å²) in [5, 5.41) is 8.68. The molecule has 0 bridgehead atoms. The molecule has 0 saturated heterocycles. The van der Waals surface area contributed by atoms with Crippen molar-refractivity contribution in [1.82, 2.24) is 4.98 Å². The van der Waals surface area contributed by atoms with E-state index in [1.165, 1.54) is 7.11 Å². The van der Waals surface area contributed by atoms with Crippen LogP contribution in [0.1, 0.15) is 16.2 Å². The maximum absolute atomic E-state index is 10.6. The van der Waals surface area contributed by atoms with E-state index in [9.17, 15) is 4.79 Å². The molecule has 0 radical (unpaired) electrons. The average Bonchev–Trinajstić information content (AvgIpc) is 2.04. The second-order valence-corrected chi connectivity index (χ2v) is 2.31. The van der Waals surface area contributed by atoms with Crippen molar-refractivity contribution in [3.8, 4) is 5.75 Å². The Bertz CT molecular complexity index is 309. The van der Waals surface area contributed by atoms with Gasteiger partial charge in [0.15, 0.2) is 11.4 Å². The van der Waals surface area contributed by atoms with Gasteiger partial charge in [-0.1, -0.05) is 0 Å². The Hall–Kier alpha value is -1.58. The van der Waals surface area contributed by atoms with Crippen LogP contribution in [0.3, 0.4) is 0 Å². The van der Waals surface area contributed by atoms with Gasteiger partial charge in [0.2, 0.25) is 0 Å². The maximum atomic E-state index is 10.6. The van der Waals surface area contributed by atoms with Crippen LogP contribution in [0.2, 0.25) is 0 Å². The molecule has 1 aromatic rings. The molecule has 4 heteroatoms. The van der Waals surface area contributed by atoms with Gasteiger partial charge in [-0.2, -0.15) is 0 Å². The third-order valence-electron chi connectivity index (χ3n) is 1.42. The van der Waals surface area contributed by atoms with Crippen molar-refractivity contribution in [1.29, 1.82) is 0 Å². The Morgan fingerprint density at radius 3 is 2.75 bits per heavy atom. The van der Waals surface area contributed by atoms with Gasteiger partial charge in [-0.25, -0.2) is 9.78 Å². The SMILES string of the molecule is COc1ccc(C)nc1C(=O)O. The summed E-state index contributed by atoms with van der Waals surface area (Å²) in [4.78, 5) is 14.4. The van der Waals surface area contributed by atoms with Crippen LogP contribution in [0, 0.1) is 6.92 Å². The van der Waals surface area contributed by atoms with Gasteiger partial charge in [0.05, 0.1) is 7.11 Å². The third kappa shape index (κ3) is 1.53. The first kappa shape index (κ1) is 8.52. The number of aryl methyl sites for hydroxylation is 1. The molecule has 1 N–H and O–H groups in total. The van der Waals surface area contributed by atoms with E-state index < -0.39 is 5.97 Å². The van der Waals surface area contributed by atoms with Crippen LogP contribution in [0.25, 0.3) is 0 Å². The first-order chi connectivity index (χ1) is 5.65. The normalized spacial score (nSPS) is 9.50. The average molecular weight is 167 g/mol. The highest BCUT2D eigenvalue weighted by atomic mass is 16.5. The van der Waals surface area contributed by atoms with E-state index in [0.717, 1.165) is 0 Å². The fourth-order valence-corrected chi connectivity index (χ4v) is 0.862. The second kappa shape index (κ2) is 3.21. The van der Waals surface area contributed by atoms with E-state index in [2.05, 4.69) is 4.98 Å². The van der Waals surface area contributed by atoms with E-state index in [4.69, 9.17) is 9.84 Å². The minimum atomic E-state index is -1.07. The van der Waals surface area contributed by atoms with Crippen LogP contribution in [-0.2, 0) is 0 Å². The Kier molecular flexibility index (Phi) is 2.28. The smallest absolute Gasteiger partial charge is 0.358 e. The molecule has 0 unspecified atom stereocenters. The summed E-state index contributed by atoms with van der Waals surface area (Å²) in [7, 11) is 1.42. The molecule has 0 spiro atoms. The highest BCUT2D eigenvalue weighted by Crippen LogP contribution is 2.15. The summed E-state index contributed by atoms with van der Waals surface area (Å²) in [6.45, 7) is 1.73. The van der Waals surface area contributed by atoms with Gasteiger partial charge in [-0.05, 0) is 19.1 Å². The Morgan fingerprint density at radius 2 is 2.25 bits per heavy atom. The number of hydrogen-bond acceptors (Lipinski definition) is 3. The molecule has 0 aliphatic heterocycles. The lowest BCUT2D eigenvalue weighted by Crippen LogP contribution is -2.04. The van der Waals surface area contributed by atoms with E-state index in [-0.39, 0.29) is 11.4 Å². The van der Waals surface area contributed by atoms with Crippen molar-refractivity contribution >= 4 is 5.97 Å². The van der Waals surface area contributed by atoms with Crippen LogP contribution in [0.5, 0.6) is 5.75 Å². The fraction of sp³-hybridized carbons (Fsp3) is 0.250. The molecule has 0 saturated carbocycles. The highest BCUT2D eigenvalue weighted by molar-refractivity contribution is 5.88. The number of rotatable bonds is 2. The lowest BCUT2D eigenvalue weighted by molar-refractivity contribution is 0.0686. The van der Waals surface area contributed by atoms with Crippen molar-refractivity contribution in [2.75, 3.05) is 7.11 Å². The Balaban J connectivity index is 3.21. The number of carbonyl (C=O) groups is 1. The van der Waals surface area contributed by atoms with Gasteiger partial charge in [0.25, 0.3) is 0 Å². The summed E-state index contributed by atoms with van der Waals surface area (Å²) >= 11 is 0. The van der Waals surface area contributed by atoms with Crippen LogP contribution in [-0.4, -0.2) is 23.2 Å². The van der Waals surface area contributed by atoms with Gasteiger partial charge < -0.3 is 9.84 Å². The monoisotopic (exact) mass is 167 g/mol. The molecular formula is C8H9NO3. The molecule has 1 aromatic heterocycles. The molecule has 64 valence electrons. The molecule has 0 aliphatic carbocycles. The van der Waals surface area contributed by atoms with Crippen molar-refractivity contribution in [3.63, 3.8) is 0 Å². The number of ether oxygens (including phenoxy) is 1. The van der Waals surface area contributed by atoms with E-state index >= 15 is 0 Å². The standard InChI is InChI=1S/C8H9NO3/c1-5-3-4-6(12-2)7(9-5)8(10)11/h3-4H,1-2H3,(H,10,11). The lowest BCUT2D eigenvalue weighted by Gasteiger charge is -2.03. The Labute approximate surface area is 69.8 Å². The van der Waals surface area contributed by atoms with Crippen LogP contribution in [0.15, 0.2) is 12.1 Å². The van der Waals surface area contributed by atoms with Gasteiger partial charge in [-0.15, -0.1) is 0 Å². The van der Waals surface area contributed by atoms with Gasteiger partial charge >= 0.3 is 5.97 Å². The highest BCUT2D eigenvalue weighted by Gasteiger charge is 2.11. The van der Waals surface area contributed by atoms with Crippen molar-refractivity contribution in [2.24, 2.45) is 0 Å². The molecule has 0 fully saturated rings. The molecule has 12 heavy (non-hydrogen) atoms. The molecule has 1 heterocycles. The van der Waals surface area contributed by atoms with Gasteiger partial charge in [-0.3, -0.25) is 0 Å². The summed E-state index contributed by atoms with van der Waals surface area (Å²) in [6, 6.07) is 3.29. The molecule has 0 amide bonds. The van der Waals surface area contributed by atoms with Crippen molar-refractivity contribution in [3.05, 3.63) is 23.5 Å². The third-order valence-corrected chi connectivity index (χ3v) is 1.42. The fourth-order valence-electron chi connectivity index (χ4n) is 0.862. The van der Waals surface area contributed by atoms with Crippen molar-refractivity contribution in [2.45, 2.75) is 6.92 Å². The van der Waals surface area contributed by atoms with Crippen LogP contribution in [0.4, 0.5) is 0 Å². The minimum Gasteiger partial charge on any atom is -0.494 e. The Morgan fingerprint density at radius 1 is 1.58 bits per heavy atom. The first-order valence-corrected chi connectivity index (χ1v) is 3.40. The number of methoxy groups -OCH3 is 1. The molecule has 0 atom stereocenters. The number of aromatic carboxylic acids is 1. The first-order valence-electron chi connectivity index (χ1n) is 3.40. The minimum absolute atomic E-state index is 0.0440. The number of pyridine rings is 1. The number of carboxylic acid groups (broad SMARTS) is 1. The molecule has 1 rings (SSSR count). The predicted octanol–water partition coefficient (Wildman–Crippen LogP) is 1.10. The molecule has 0 aromatic carbocycles. The van der Waals surface area contributed by atoms with E-state index in [1.54, 1.807) is 19.1 Å². The number of carboxylic acids is 1. The van der Waals surface area contributed by atoms with Gasteiger partial charge in [0.1, 0.15) is 0 Å². The van der Waals surface area contributed by atoms with Crippen LogP contribution >= 0.6 is 0 Å². The van der Waals surface area contributed by atoms with Crippen molar-refractivity contribution < 1.29 is 14.6 Å². The summed E-state index contributed by atoms with van der Waals surface area (Å²) < 4.78 is 4.82. The molecular weight excluding hydrogens is 158 g/mol. The zero-order chi connectivity index (χ0) is 9.14. The summed E-state index contributed by atoms with van der Waals surface area (Å²) in [5.41, 5.74) is 0.616. The summed E-state index contributed by atoms with van der Waals surface area (Å²) in [6.07, 6.45) is 0. The van der Waals surface area contributed by atoms with Crippen LogP contribution < -0.4 is 4.74 Å².